The molecule has 4 atom stereocenters. The van der Waals surface area contributed by atoms with Crippen molar-refractivity contribution in [3.05, 3.63) is 24.3 Å². The highest BCUT2D eigenvalue weighted by Gasteiger charge is 2.40. The van der Waals surface area contributed by atoms with Crippen LogP contribution in [-0.4, -0.2) is 49.2 Å². The van der Waals surface area contributed by atoms with E-state index >= 15 is 0 Å². The van der Waals surface area contributed by atoms with Crippen LogP contribution in [0.2, 0.25) is 0 Å². The predicted octanol–water partition coefficient (Wildman–Crippen LogP) is 1.61. The molecule has 1 aromatic carbocycles. The molecule has 1 saturated heterocycles. The molecule has 0 spiro atoms. The molecule has 0 bridgehead atoms. The zero-order valence-corrected chi connectivity index (χ0v) is 15.6. The molecule has 0 aromatic heterocycles. The third-order valence-electron chi connectivity index (χ3n) is 3.50. The Morgan fingerprint density at radius 1 is 1.00 bits per heavy atom. The number of rotatable bonds is 6. The number of nitrogens with one attached hydrogen (secondary N) is 1. The molecule has 1 unspecified atom stereocenters. The molecule has 148 valence electrons. The summed E-state index contributed by atoms with van der Waals surface area (Å²) in [7, 11) is 0. The summed E-state index contributed by atoms with van der Waals surface area (Å²) < 4.78 is 27.3. The van der Waals surface area contributed by atoms with Gasteiger partial charge in [-0.1, -0.05) is 0 Å². The second-order valence-corrected chi connectivity index (χ2v) is 5.99. The number of ether oxygens (including phenoxy) is 5. The van der Waals surface area contributed by atoms with Crippen LogP contribution in [-0.2, 0) is 33.3 Å². The third kappa shape index (κ3) is 6.54. The fourth-order valence-electron chi connectivity index (χ4n) is 2.37. The molecule has 1 amide bonds. The van der Waals surface area contributed by atoms with Crippen LogP contribution >= 0.6 is 0 Å². The summed E-state index contributed by atoms with van der Waals surface area (Å²) in [6.07, 6.45) is -3.22. The number of benzene rings is 1. The highest BCUT2D eigenvalue weighted by Crippen LogP contribution is 2.26. The first-order valence-corrected chi connectivity index (χ1v) is 8.40. The number of hydrogen-bond acceptors (Lipinski definition) is 8. The standard InChI is InChI=1S/C18H23NO8/c1-10-17(26-15-7-5-14(6-8-15)19-11(2)20)27-16(9-23-12(3)21)18(24-10)25-13(4)22/h5-8,10,16-18H,9H2,1-4H3,(H,19,20)/t10-,16?,17-,18+/m0/s1. The van der Waals surface area contributed by atoms with Gasteiger partial charge in [0.05, 0.1) is 0 Å². The summed E-state index contributed by atoms with van der Waals surface area (Å²) in [6, 6.07) is 6.70. The smallest absolute Gasteiger partial charge is 0.305 e. The molecule has 1 aliphatic heterocycles. The van der Waals surface area contributed by atoms with Crippen LogP contribution in [0, 0.1) is 0 Å². The van der Waals surface area contributed by atoms with Crippen molar-refractivity contribution >= 4 is 23.5 Å². The molecule has 1 aromatic rings. The number of carbonyl (C=O) groups excluding carboxylic acids is 3. The number of hydrogen-bond donors (Lipinski definition) is 1. The summed E-state index contributed by atoms with van der Waals surface area (Å²) in [5.41, 5.74) is 0.631. The van der Waals surface area contributed by atoms with Crippen molar-refractivity contribution in [3.8, 4) is 5.75 Å². The van der Waals surface area contributed by atoms with Gasteiger partial charge in [0.25, 0.3) is 0 Å². The Labute approximate surface area is 156 Å². The fraction of sp³-hybridized carbons (Fsp3) is 0.500. The molecule has 1 fully saturated rings. The van der Waals surface area contributed by atoms with Crippen molar-refractivity contribution in [2.75, 3.05) is 11.9 Å². The molecule has 27 heavy (non-hydrogen) atoms. The Hall–Kier alpha value is -2.65. The van der Waals surface area contributed by atoms with Crippen LogP contribution in [0.15, 0.2) is 24.3 Å². The van der Waals surface area contributed by atoms with Crippen molar-refractivity contribution in [1.82, 2.24) is 0 Å². The summed E-state index contributed by atoms with van der Waals surface area (Å²) in [5.74, 6) is -0.728. The largest absolute Gasteiger partial charge is 0.463 e. The Balaban J connectivity index is 2.04. The molecule has 1 N–H and O–H groups in total. The topological polar surface area (TPSA) is 109 Å². The Bertz CT molecular complexity index is 674. The monoisotopic (exact) mass is 381 g/mol. The summed E-state index contributed by atoms with van der Waals surface area (Å²) in [5, 5.41) is 2.66. The minimum absolute atomic E-state index is 0.151. The molecule has 0 saturated carbocycles. The first-order chi connectivity index (χ1) is 12.7. The maximum Gasteiger partial charge on any atom is 0.305 e. The lowest BCUT2D eigenvalue weighted by Crippen LogP contribution is -2.53. The van der Waals surface area contributed by atoms with Crippen LogP contribution in [0.4, 0.5) is 5.69 Å². The van der Waals surface area contributed by atoms with Gasteiger partial charge >= 0.3 is 11.9 Å². The summed E-state index contributed by atoms with van der Waals surface area (Å²) in [6.45, 7) is 5.48. The van der Waals surface area contributed by atoms with Gasteiger partial charge in [-0.15, -0.1) is 0 Å². The Morgan fingerprint density at radius 3 is 2.22 bits per heavy atom. The maximum atomic E-state index is 11.3. The zero-order valence-electron chi connectivity index (χ0n) is 15.6. The van der Waals surface area contributed by atoms with E-state index in [2.05, 4.69) is 5.32 Å². The summed E-state index contributed by atoms with van der Waals surface area (Å²) in [4.78, 5) is 33.4. The van der Waals surface area contributed by atoms with Gasteiger partial charge in [-0.2, -0.15) is 0 Å². The van der Waals surface area contributed by atoms with E-state index in [1.54, 1.807) is 31.2 Å². The van der Waals surface area contributed by atoms with Crippen LogP contribution < -0.4 is 10.1 Å². The van der Waals surface area contributed by atoms with Crippen LogP contribution in [0.1, 0.15) is 27.7 Å². The molecule has 1 aliphatic rings. The number of anilines is 1. The van der Waals surface area contributed by atoms with E-state index < -0.39 is 36.7 Å². The van der Waals surface area contributed by atoms with Gasteiger partial charge in [0.1, 0.15) is 18.5 Å². The highest BCUT2D eigenvalue weighted by atomic mass is 16.8. The first-order valence-electron chi connectivity index (χ1n) is 8.40. The first kappa shape index (κ1) is 20.7. The van der Waals surface area contributed by atoms with Crippen molar-refractivity contribution in [2.45, 2.75) is 52.5 Å². The lowest BCUT2D eigenvalue weighted by Gasteiger charge is -2.38. The van der Waals surface area contributed by atoms with E-state index in [9.17, 15) is 14.4 Å². The maximum absolute atomic E-state index is 11.3. The second kappa shape index (κ2) is 9.33. The Kier molecular flexibility index (Phi) is 7.14. The van der Waals surface area contributed by atoms with E-state index in [0.29, 0.717) is 11.4 Å². The molecule has 0 radical (unpaired) electrons. The zero-order chi connectivity index (χ0) is 20.0. The van der Waals surface area contributed by atoms with E-state index in [-0.39, 0.29) is 12.5 Å². The quantitative estimate of drug-likeness (QED) is 0.740. The van der Waals surface area contributed by atoms with Gasteiger partial charge in [-0.3, -0.25) is 14.4 Å². The van der Waals surface area contributed by atoms with Gasteiger partial charge in [0, 0.05) is 26.5 Å². The van der Waals surface area contributed by atoms with Crippen LogP contribution in [0.25, 0.3) is 0 Å². The van der Waals surface area contributed by atoms with Crippen molar-refractivity contribution in [3.63, 3.8) is 0 Å². The van der Waals surface area contributed by atoms with Crippen LogP contribution in [0.5, 0.6) is 5.75 Å². The molecule has 0 aliphatic carbocycles. The highest BCUT2D eigenvalue weighted by molar-refractivity contribution is 5.88. The van der Waals surface area contributed by atoms with Gasteiger partial charge in [0.15, 0.2) is 6.10 Å². The molecule has 9 nitrogen and oxygen atoms in total. The molecular weight excluding hydrogens is 358 g/mol. The van der Waals surface area contributed by atoms with E-state index in [1.165, 1.54) is 20.8 Å². The van der Waals surface area contributed by atoms with Crippen molar-refractivity contribution in [2.24, 2.45) is 0 Å². The van der Waals surface area contributed by atoms with E-state index in [0.717, 1.165) is 0 Å². The van der Waals surface area contributed by atoms with Crippen molar-refractivity contribution < 1.29 is 38.1 Å². The molecule has 9 heteroatoms. The normalized spacial score (nSPS) is 24.6. The van der Waals surface area contributed by atoms with Gasteiger partial charge < -0.3 is 29.0 Å². The SMILES string of the molecule is CC(=O)Nc1ccc(O[C@H]2OC(COC(C)=O)[C@@H](OC(C)=O)O[C@H]2C)cc1. The van der Waals surface area contributed by atoms with Crippen molar-refractivity contribution in [1.29, 1.82) is 0 Å². The molecular formula is C18H23NO8. The third-order valence-corrected chi connectivity index (χ3v) is 3.50. The number of amides is 1. The van der Waals surface area contributed by atoms with Gasteiger partial charge in [-0.25, -0.2) is 0 Å². The van der Waals surface area contributed by atoms with Crippen LogP contribution in [0.3, 0.4) is 0 Å². The Morgan fingerprint density at radius 2 is 1.67 bits per heavy atom. The minimum Gasteiger partial charge on any atom is -0.463 e. The van der Waals surface area contributed by atoms with E-state index in [4.69, 9.17) is 23.7 Å². The average Bonchev–Trinajstić information content (AvgIpc) is 2.56. The predicted molar refractivity (Wildman–Crippen MR) is 92.8 cm³/mol. The van der Waals surface area contributed by atoms with Gasteiger partial charge in [-0.05, 0) is 31.2 Å². The van der Waals surface area contributed by atoms with Gasteiger partial charge in [0.2, 0.25) is 18.5 Å². The average molecular weight is 381 g/mol. The number of carbonyl (C=O) groups is 3. The lowest BCUT2D eigenvalue weighted by atomic mass is 10.2. The lowest BCUT2D eigenvalue weighted by molar-refractivity contribution is -0.326. The summed E-state index contributed by atoms with van der Waals surface area (Å²) >= 11 is 0. The van der Waals surface area contributed by atoms with E-state index in [1.807, 2.05) is 0 Å². The fourth-order valence-corrected chi connectivity index (χ4v) is 2.37. The molecule has 1 heterocycles. The number of esters is 2. The molecule has 2 rings (SSSR count). The second-order valence-electron chi connectivity index (χ2n) is 5.99. The minimum atomic E-state index is -1.01.